The summed E-state index contributed by atoms with van der Waals surface area (Å²) in [7, 11) is 0. The summed E-state index contributed by atoms with van der Waals surface area (Å²) in [6.07, 6.45) is 14.9. The van der Waals surface area contributed by atoms with Gasteiger partial charge in [-0.15, -0.1) is 11.3 Å². The van der Waals surface area contributed by atoms with Gasteiger partial charge >= 0.3 is 0 Å². The summed E-state index contributed by atoms with van der Waals surface area (Å²) in [6, 6.07) is 34.2. The van der Waals surface area contributed by atoms with Gasteiger partial charge in [-0.05, 0) is 106 Å². The summed E-state index contributed by atoms with van der Waals surface area (Å²) in [5.74, 6) is 0. The molecule has 2 aromatic carbocycles. The van der Waals surface area contributed by atoms with Crippen LogP contribution in [0.15, 0.2) is 147 Å². The van der Waals surface area contributed by atoms with Gasteiger partial charge in [-0.2, -0.15) is 0 Å². The van der Waals surface area contributed by atoms with Crippen molar-refractivity contribution >= 4 is 11.3 Å². The van der Waals surface area contributed by atoms with Crippen LogP contribution in [0.25, 0.3) is 65.4 Å². The van der Waals surface area contributed by atoms with E-state index in [9.17, 15) is 0 Å². The number of hydrogen-bond acceptors (Lipinski definition) is 5. The number of thiophene rings is 1. The molecule has 0 atom stereocenters. The molecule has 7 aromatic rings. The van der Waals surface area contributed by atoms with Crippen molar-refractivity contribution in [2.45, 2.75) is 0 Å². The monoisotopic (exact) mass is 544 g/mol. The Morgan fingerprint density at radius 2 is 0.610 bits per heavy atom. The van der Waals surface area contributed by atoms with Crippen LogP contribution in [-0.4, -0.2) is 19.9 Å². The number of pyridine rings is 4. The van der Waals surface area contributed by atoms with E-state index in [1.807, 2.05) is 49.1 Å². The van der Waals surface area contributed by atoms with E-state index in [0.29, 0.717) is 0 Å². The molecule has 0 saturated heterocycles. The summed E-state index contributed by atoms with van der Waals surface area (Å²) in [6.45, 7) is 0. The molecule has 0 aliphatic carbocycles. The summed E-state index contributed by atoms with van der Waals surface area (Å²) < 4.78 is 0. The molecule has 0 saturated carbocycles. The van der Waals surface area contributed by atoms with Crippen molar-refractivity contribution in [2.24, 2.45) is 0 Å². The minimum atomic E-state index is 1.08. The number of nitrogens with zero attached hydrogens (tertiary/aromatic N) is 4. The second kappa shape index (κ2) is 11.1. The maximum atomic E-state index is 4.36. The maximum absolute atomic E-state index is 4.36. The molecule has 5 heterocycles. The van der Waals surface area contributed by atoms with E-state index in [1.165, 1.54) is 9.75 Å². The Morgan fingerprint density at radius 1 is 0.317 bits per heavy atom. The van der Waals surface area contributed by atoms with Crippen LogP contribution in [-0.2, 0) is 0 Å². The molecule has 5 aromatic heterocycles. The van der Waals surface area contributed by atoms with E-state index in [-0.39, 0.29) is 0 Å². The van der Waals surface area contributed by atoms with Crippen molar-refractivity contribution in [3.63, 3.8) is 0 Å². The third kappa shape index (κ3) is 5.31. The third-order valence-electron chi connectivity index (χ3n) is 7.02. The molecule has 0 amide bonds. The lowest BCUT2D eigenvalue weighted by molar-refractivity contribution is 1.32. The fraction of sp³-hybridized carbons (Fsp3) is 0. The molecule has 0 radical (unpaired) electrons. The van der Waals surface area contributed by atoms with Gasteiger partial charge < -0.3 is 0 Å². The van der Waals surface area contributed by atoms with Gasteiger partial charge in [0, 0.05) is 81.6 Å². The second-order valence-corrected chi connectivity index (χ2v) is 10.8. The lowest BCUT2D eigenvalue weighted by Gasteiger charge is -2.10. The van der Waals surface area contributed by atoms with Gasteiger partial charge in [0.15, 0.2) is 0 Å². The van der Waals surface area contributed by atoms with Crippen LogP contribution in [0.2, 0.25) is 0 Å². The Bertz CT molecular complexity index is 1660. The van der Waals surface area contributed by atoms with Crippen LogP contribution in [0, 0.1) is 0 Å². The molecule has 194 valence electrons. The van der Waals surface area contributed by atoms with Crippen molar-refractivity contribution in [2.75, 3.05) is 0 Å². The molecule has 0 N–H and O–H groups in total. The van der Waals surface area contributed by atoms with Gasteiger partial charge in [0.1, 0.15) is 0 Å². The van der Waals surface area contributed by atoms with E-state index >= 15 is 0 Å². The highest BCUT2D eigenvalue weighted by Gasteiger charge is 2.13. The lowest BCUT2D eigenvalue weighted by atomic mass is 9.96. The first-order chi connectivity index (χ1) is 20.3. The normalized spacial score (nSPS) is 10.9. The Balaban J connectivity index is 1.34. The predicted molar refractivity (Wildman–Crippen MR) is 168 cm³/mol. The fourth-order valence-electron chi connectivity index (χ4n) is 4.99. The summed E-state index contributed by atoms with van der Waals surface area (Å²) in [5.41, 5.74) is 11.2. The molecule has 0 aliphatic heterocycles. The molecule has 41 heavy (non-hydrogen) atoms. The Labute approximate surface area is 242 Å². The van der Waals surface area contributed by atoms with E-state index in [1.54, 1.807) is 36.1 Å². The van der Waals surface area contributed by atoms with Gasteiger partial charge in [0.25, 0.3) is 0 Å². The highest BCUT2D eigenvalue weighted by atomic mass is 32.1. The Hall–Kier alpha value is -5.26. The first-order valence-corrected chi connectivity index (χ1v) is 14.1. The zero-order valence-electron chi connectivity index (χ0n) is 22.1. The predicted octanol–water partition coefficient (Wildman–Crippen LogP) is 9.33. The van der Waals surface area contributed by atoms with Gasteiger partial charge in [-0.3, -0.25) is 19.9 Å². The van der Waals surface area contributed by atoms with Crippen molar-refractivity contribution < 1.29 is 0 Å². The van der Waals surface area contributed by atoms with E-state index in [2.05, 4.69) is 92.7 Å². The van der Waals surface area contributed by atoms with E-state index in [0.717, 1.165) is 55.6 Å². The highest BCUT2D eigenvalue weighted by Crippen LogP contribution is 2.40. The average molecular weight is 545 g/mol. The fourth-order valence-corrected chi connectivity index (χ4v) is 5.97. The Kier molecular flexibility index (Phi) is 6.69. The van der Waals surface area contributed by atoms with Crippen molar-refractivity contribution in [3.8, 4) is 65.4 Å². The van der Waals surface area contributed by atoms with Crippen molar-refractivity contribution in [3.05, 3.63) is 147 Å². The molecule has 0 fully saturated rings. The second-order valence-electron chi connectivity index (χ2n) is 9.73. The third-order valence-corrected chi connectivity index (χ3v) is 8.20. The van der Waals surface area contributed by atoms with Crippen molar-refractivity contribution in [1.29, 1.82) is 0 Å². The zero-order valence-corrected chi connectivity index (χ0v) is 22.9. The molecular formula is C36H24N4S. The molecule has 7 rings (SSSR count). The quantitative estimate of drug-likeness (QED) is 0.209. The molecule has 0 spiro atoms. The summed E-state index contributed by atoms with van der Waals surface area (Å²) in [4.78, 5) is 19.8. The highest BCUT2D eigenvalue weighted by molar-refractivity contribution is 7.18. The summed E-state index contributed by atoms with van der Waals surface area (Å²) in [5, 5.41) is 0. The largest absolute Gasteiger partial charge is 0.264 e. The SMILES string of the molecule is c1cncc(-c2cc(-c3cccnc3)cc(-c3ccc(-c4cc(-c5cccnc5)cc(-c5cccnc5)c4)s3)c2)c1. The first-order valence-electron chi connectivity index (χ1n) is 13.3. The van der Waals surface area contributed by atoms with Crippen LogP contribution < -0.4 is 0 Å². The van der Waals surface area contributed by atoms with Gasteiger partial charge in [0.05, 0.1) is 0 Å². The van der Waals surface area contributed by atoms with Gasteiger partial charge in [0.2, 0.25) is 0 Å². The van der Waals surface area contributed by atoms with Crippen LogP contribution in [0.1, 0.15) is 0 Å². The van der Waals surface area contributed by atoms with Gasteiger partial charge in [-0.25, -0.2) is 0 Å². The molecule has 0 unspecified atom stereocenters. The topological polar surface area (TPSA) is 51.6 Å². The van der Waals surface area contributed by atoms with Crippen LogP contribution in [0.5, 0.6) is 0 Å². The molecular weight excluding hydrogens is 520 g/mol. The molecule has 0 bridgehead atoms. The Morgan fingerprint density at radius 3 is 0.878 bits per heavy atom. The van der Waals surface area contributed by atoms with Crippen LogP contribution in [0.3, 0.4) is 0 Å². The lowest BCUT2D eigenvalue weighted by Crippen LogP contribution is -1.86. The van der Waals surface area contributed by atoms with E-state index < -0.39 is 0 Å². The number of benzene rings is 2. The zero-order chi connectivity index (χ0) is 27.4. The minimum Gasteiger partial charge on any atom is -0.264 e. The van der Waals surface area contributed by atoms with E-state index in [4.69, 9.17) is 0 Å². The average Bonchev–Trinajstić information content (AvgIpc) is 3.57. The van der Waals surface area contributed by atoms with Crippen LogP contribution in [0.4, 0.5) is 0 Å². The number of hydrogen-bond donors (Lipinski definition) is 0. The molecule has 5 heteroatoms. The number of aromatic nitrogens is 4. The first kappa shape index (κ1) is 24.8. The minimum absolute atomic E-state index is 1.08. The van der Waals surface area contributed by atoms with Crippen LogP contribution >= 0.6 is 11.3 Å². The van der Waals surface area contributed by atoms with Gasteiger partial charge in [-0.1, -0.05) is 24.3 Å². The molecule has 4 nitrogen and oxygen atoms in total. The molecule has 0 aliphatic rings. The standard InChI is InChI=1S/C36H24N4S/c1-5-25(21-37-11-1)29-15-30(26-6-2-12-38-22-26)18-33(17-29)35-9-10-36(41-35)34-19-31(27-7-3-13-39-23-27)16-32(20-34)28-8-4-14-40-24-28/h1-24H. The smallest absolute Gasteiger partial charge is 0.0349 e. The number of rotatable bonds is 6. The van der Waals surface area contributed by atoms with Crippen molar-refractivity contribution in [1.82, 2.24) is 19.9 Å². The maximum Gasteiger partial charge on any atom is 0.0349 e. The summed E-state index contributed by atoms with van der Waals surface area (Å²) >= 11 is 1.79.